The molecule has 0 aliphatic carbocycles. The second-order valence-corrected chi connectivity index (χ2v) is 8.28. The number of likely N-dealkylation sites (tertiary alicyclic amines) is 1. The maximum Gasteiger partial charge on any atom is 0.172 e. The van der Waals surface area contributed by atoms with Crippen LogP contribution >= 0.6 is 11.3 Å². The van der Waals surface area contributed by atoms with Gasteiger partial charge in [-0.1, -0.05) is 18.2 Å². The van der Waals surface area contributed by atoms with Gasteiger partial charge in [-0.05, 0) is 68.0 Å². The zero-order valence-corrected chi connectivity index (χ0v) is 16.5. The molecule has 4 aromatic rings. The third kappa shape index (κ3) is 3.39. The maximum absolute atomic E-state index is 4.74. The molecule has 2 N–H and O–H groups in total. The van der Waals surface area contributed by atoms with Crippen molar-refractivity contribution in [1.29, 1.82) is 0 Å². The average molecular weight is 391 g/mol. The number of aromatic amines is 1. The molecular weight excluding hydrogens is 368 g/mol. The Hall–Kier alpha value is -2.77. The fourth-order valence-electron chi connectivity index (χ4n) is 3.76. The Balaban J connectivity index is 1.41. The molecule has 1 fully saturated rings. The third-order valence-electron chi connectivity index (χ3n) is 5.41. The number of hydrogen-bond acceptors (Lipinski definition) is 6. The summed E-state index contributed by atoms with van der Waals surface area (Å²) in [6.45, 7) is 2.35. The number of fused-ring (bicyclic) bond motifs is 1. The second-order valence-electron chi connectivity index (χ2n) is 7.33. The summed E-state index contributed by atoms with van der Waals surface area (Å²) in [6, 6.07) is 12.8. The van der Waals surface area contributed by atoms with Gasteiger partial charge in [-0.15, -0.1) is 11.3 Å². The van der Waals surface area contributed by atoms with Gasteiger partial charge in [0.25, 0.3) is 0 Å². The van der Waals surface area contributed by atoms with Crippen molar-refractivity contribution < 1.29 is 0 Å². The fraction of sp³-hybridized carbons (Fsp3) is 0.286. The number of hydrogen-bond donors (Lipinski definition) is 2. The SMILES string of the molecule is CN1CCC(c2ccc(Nc3nc(-c4cccs4)nc4cn[nH]c34)cc2)CC1. The Morgan fingerprint density at radius 3 is 2.68 bits per heavy atom. The largest absolute Gasteiger partial charge is 0.338 e. The summed E-state index contributed by atoms with van der Waals surface area (Å²) < 4.78 is 0. The third-order valence-corrected chi connectivity index (χ3v) is 6.27. The van der Waals surface area contributed by atoms with Crippen LogP contribution in [-0.2, 0) is 0 Å². The van der Waals surface area contributed by atoms with Crippen LogP contribution in [0.1, 0.15) is 24.3 Å². The van der Waals surface area contributed by atoms with Crippen molar-refractivity contribution in [2.24, 2.45) is 0 Å². The smallest absolute Gasteiger partial charge is 0.172 e. The van der Waals surface area contributed by atoms with Crippen LogP contribution in [0.4, 0.5) is 11.5 Å². The molecular formula is C21H22N6S. The van der Waals surface area contributed by atoms with E-state index >= 15 is 0 Å². The zero-order valence-electron chi connectivity index (χ0n) is 15.7. The molecule has 0 spiro atoms. The Kier molecular flexibility index (Phi) is 4.54. The fourth-order valence-corrected chi connectivity index (χ4v) is 4.42. The molecule has 0 bridgehead atoms. The lowest BCUT2D eigenvalue weighted by molar-refractivity contribution is 0.255. The lowest BCUT2D eigenvalue weighted by Gasteiger charge is -2.29. The first-order chi connectivity index (χ1) is 13.8. The lowest BCUT2D eigenvalue weighted by atomic mass is 9.89. The quantitative estimate of drug-likeness (QED) is 0.531. The molecule has 0 unspecified atom stereocenters. The topological polar surface area (TPSA) is 69.7 Å². The van der Waals surface area contributed by atoms with Gasteiger partial charge in [-0.25, -0.2) is 9.97 Å². The summed E-state index contributed by atoms with van der Waals surface area (Å²) >= 11 is 1.63. The van der Waals surface area contributed by atoms with Gasteiger partial charge in [-0.3, -0.25) is 5.10 Å². The summed E-state index contributed by atoms with van der Waals surface area (Å²) in [5, 5.41) is 12.6. The lowest BCUT2D eigenvalue weighted by Crippen LogP contribution is -2.29. The van der Waals surface area contributed by atoms with Crippen molar-refractivity contribution in [2.45, 2.75) is 18.8 Å². The van der Waals surface area contributed by atoms with E-state index in [1.165, 1.54) is 31.5 Å². The molecule has 1 aromatic carbocycles. The van der Waals surface area contributed by atoms with Crippen LogP contribution in [-0.4, -0.2) is 45.2 Å². The number of thiophene rings is 1. The summed E-state index contributed by atoms with van der Waals surface area (Å²) in [4.78, 5) is 12.8. The molecule has 1 saturated heterocycles. The number of piperidine rings is 1. The first kappa shape index (κ1) is 17.3. The van der Waals surface area contributed by atoms with Gasteiger partial charge in [0.1, 0.15) is 11.0 Å². The van der Waals surface area contributed by atoms with Crippen LogP contribution in [0.15, 0.2) is 48.0 Å². The molecule has 4 heterocycles. The number of anilines is 2. The molecule has 28 heavy (non-hydrogen) atoms. The molecule has 5 rings (SSSR count). The van der Waals surface area contributed by atoms with Gasteiger partial charge < -0.3 is 10.2 Å². The van der Waals surface area contributed by atoms with Crippen LogP contribution < -0.4 is 5.32 Å². The Morgan fingerprint density at radius 2 is 1.93 bits per heavy atom. The first-order valence-corrected chi connectivity index (χ1v) is 10.4. The van der Waals surface area contributed by atoms with E-state index in [-0.39, 0.29) is 0 Å². The van der Waals surface area contributed by atoms with Crippen LogP contribution in [0.2, 0.25) is 0 Å². The normalized spacial score (nSPS) is 15.9. The van der Waals surface area contributed by atoms with Crippen molar-refractivity contribution in [3.63, 3.8) is 0 Å². The highest BCUT2D eigenvalue weighted by Crippen LogP contribution is 2.30. The number of H-pyrrole nitrogens is 1. The summed E-state index contributed by atoms with van der Waals surface area (Å²) in [5.41, 5.74) is 4.07. The maximum atomic E-state index is 4.74. The van der Waals surface area contributed by atoms with E-state index in [0.29, 0.717) is 11.7 Å². The number of aromatic nitrogens is 4. The van der Waals surface area contributed by atoms with E-state index in [4.69, 9.17) is 4.98 Å². The Morgan fingerprint density at radius 1 is 1.11 bits per heavy atom. The minimum absolute atomic E-state index is 0.661. The summed E-state index contributed by atoms with van der Waals surface area (Å²) in [6.07, 6.45) is 4.20. The number of rotatable bonds is 4. The van der Waals surface area contributed by atoms with Crippen LogP contribution in [0.3, 0.4) is 0 Å². The minimum atomic E-state index is 0.661. The molecule has 1 aliphatic rings. The molecule has 6 nitrogen and oxygen atoms in total. The molecule has 142 valence electrons. The minimum Gasteiger partial charge on any atom is -0.338 e. The number of nitrogens with one attached hydrogen (secondary N) is 2. The molecule has 3 aromatic heterocycles. The van der Waals surface area contributed by atoms with E-state index in [1.54, 1.807) is 17.5 Å². The van der Waals surface area contributed by atoms with E-state index in [9.17, 15) is 0 Å². The predicted octanol–water partition coefficient (Wildman–Crippen LogP) is 4.63. The van der Waals surface area contributed by atoms with Crippen molar-refractivity contribution >= 4 is 33.9 Å². The number of nitrogens with zero attached hydrogens (tertiary/aromatic N) is 4. The van der Waals surface area contributed by atoms with Gasteiger partial charge in [0, 0.05) is 5.69 Å². The standard InChI is InChI=1S/C21H22N6S/c1-27-10-8-15(9-11-27)14-4-6-16(7-5-14)23-21-19-17(13-22-26-19)24-20(25-21)18-3-2-12-28-18/h2-7,12-13,15H,8-11H2,1H3,(H,22,26)(H,23,24,25). The highest BCUT2D eigenvalue weighted by Gasteiger charge is 2.18. The van der Waals surface area contributed by atoms with E-state index < -0.39 is 0 Å². The molecule has 1 aliphatic heterocycles. The van der Waals surface area contributed by atoms with Crippen molar-refractivity contribution in [1.82, 2.24) is 25.1 Å². The Labute approximate surface area is 167 Å². The van der Waals surface area contributed by atoms with Gasteiger partial charge in [0.05, 0.1) is 11.1 Å². The molecule has 0 amide bonds. The molecule has 0 saturated carbocycles. The van der Waals surface area contributed by atoms with Crippen molar-refractivity contribution in [3.05, 3.63) is 53.5 Å². The highest BCUT2D eigenvalue weighted by atomic mass is 32.1. The van der Waals surface area contributed by atoms with Crippen molar-refractivity contribution in [2.75, 3.05) is 25.5 Å². The van der Waals surface area contributed by atoms with Crippen molar-refractivity contribution in [3.8, 4) is 10.7 Å². The molecule has 7 heteroatoms. The Bertz CT molecular complexity index is 1060. The van der Waals surface area contributed by atoms with Gasteiger partial charge in [0.15, 0.2) is 11.6 Å². The summed E-state index contributed by atoms with van der Waals surface area (Å²) in [7, 11) is 2.20. The molecule has 0 radical (unpaired) electrons. The van der Waals surface area contributed by atoms with Gasteiger partial charge in [0.2, 0.25) is 0 Å². The van der Waals surface area contributed by atoms with Gasteiger partial charge in [-0.2, -0.15) is 5.10 Å². The van der Waals surface area contributed by atoms with Gasteiger partial charge >= 0.3 is 0 Å². The molecule has 0 atom stereocenters. The van der Waals surface area contributed by atoms with E-state index in [1.807, 2.05) is 17.5 Å². The highest BCUT2D eigenvalue weighted by molar-refractivity contribution is 7.13. The monoisotopic (exact) mass is 390 g/mol. The van der Waals surface area contributed by atoms with Crippen LogP contribution in [0.5, 0.6) is 0 Å². The van der Waals surface area contributed by atoms with Crippen LogP contribution in [0.25, 0.3) is 21.7 Å². The van der Waals surface area contributed by atoms with Crippen LogP contribution in [0, 0.1) is 0 Å². The van der Waals surface area contributed by atoms with E-state index in [2.05, 4.69) is 56.7 Å². The first-order valence-electron chi connectivity index (χ1n) is 9.57. The number of benzene rings is 1. The second kappa shape index (κ2) is 7.33. The predicted molar refractivity (Wildman–Crippen MR) is 114 cm³/mol. The zero-order chi connectivity index (χ0) is 18.9. The average Bonchev–Trinajstić information content (AvgIpc) is 3.41. The summed E-state index contributed by atoms with van der Waals surface area (Å²) in [5.74, 6) is 2.13. The van der Waals surface area contributed by atoms with E-state index in [0.717, 1.165) is 27.4 Å².